The minimum atomic E-state index is -5.08. The van der Waals surface area contributed by atoms with Crippen molar-refractivity contribution in [1.82, 2.24) is 15.2 Å². The van der Waals surface area contributed by atoms with E-state index in [2.05, 4.69) is 10.3 Å². The maximum absolute atomic E-state index is 13.6. The number of amidine groups is 1. The van der Waals surface area contributed by atoms with Crippen LogP contribution in [0.3, 0.4) is 0 Å². The number of aromatic nitrogens is 1. The largest absolute Gasteiger partial charge is 0.491 e. The van der Waals surface area contributed by atoms with Gasteiger partial charge >= 0.3 is 12.1 Å². The number of nitrogens with zero attached hydrogens (tertiary/aromatic N) is 3. The highest BCUT2D eigenvalue weighted by Crippen LogP contribution is 2.43. The van der Waals surface area contributed by atoms with Crippen LogP contribution in [0.2, 0.25) is 0 Å². The van der Waals surface area contributed by atoms with Crippen LogP contribution in [0.1, 0.15) is 65.4 Å². The third-order valence-corrected chi connectivity index (χ3v) is 7.88. The van der Waals surface area contributed by atoms with Gasteiger partial charge in [0.05, 0.1) is 31.6 Å². The van der Waals surface area contributed by atoms with Crippen molar-refractivity contribution in [2.75, 3.05) is 43.9 Å². The lowest BCUT2D eigenvalue weighted by molar-refractivity contribution is -0.192. The number of hydrogen-bond donors (Lipinski definition) is 3. The minimum Gasteiger partial charge on any atom is -0.491 e. The monoisotopic (exact) mass is 657 g/mol. The number of nitrogens with one attached hydrogen (secondary N) is 2. The lowest BCUT2D eigenvalue weighted by Crippen LogP contribution is -2.38. The van der Waals surface area contributed by atoms with E-state index in [9.17, 15) is 31.2 Å². The fourth-order valence-electron chi connectivity index (χ4n) is 4.60. The van der Waals surface area contributed by atoms with Crippen LogP contribution in [0.5, 0.6) is 11.5 Å². The summed E-state index contributed by atoms with van der Waals surface area (Å²) in [5.41, 5.74) is 2.04. The number of fused-ring (bicyclic) bond motifs is 2. The fraction of sp³-hybridized carbons (Fsp3) is 0.464. The summed E-state index contributed by atoms with van der Waals surface area (Å²) in [6.45, 7) is 8.54. The zero-order valence-corrected chi connectivity index (χ0v) is 26.3. The summed E-state index contributed by atoms with van der Waals surface area (Å²) in [5.74, 6) is -2.67. The molecule has 0 radical (unpaired) electrons. The van der Waals surface area contributed by atoms with E-state index in [1.54, 1.807) is 30.0 Å². The van der Waals surface area contributed by atoms with Gasteiger partial charge in [0.15, 0.2) is 17.2 Å². The Morgan fingerprint density at radius 1 is 1.18 bits per heavy atom. The Morgan fingerprint density at radius 3 is 2.31 bits per heavy atom. The fourth-order valence-corrected chi connectivity index (χ4v) is 5.50. The maximum atomic E-state index is 13.6. The number of pyridine rings is 1. The van der Waals surface area contributed by atoms with Crippen LogP contribution in [0.4, 0.5) is 18.9 Å². The number of amides is 1. The van der Waals surface area contributed by atoms with Crippen molar-refractivity contribution in [2.45, 2.75) is 45.8 Å². The molecule has 1 aromatic carbocycles. The number of halogens is 3. The molecule has 0 unspecified atom stereocenters. The number of benzene rings is 1. The summed E-state index contributed by atoms with van der Waals surface area (Å²) in [6.07, 6.45) is -3.95. The van der Waals surface area contributed by atoms with Gasteiger partial charge in [-0.25, -0.2) is 18.2 Å². The third-order valence-electron chi connectivity index (χ3n) is 6.70. The highest BCUT2D eigenvalue weighted by Gasteiger charge is 2.38. The Labute approximate surface area is 257 Å². The first kappa shape index (κ1) is 35.1. The number of carbonyl (C=O) groups is 3. The molecular formula is C28H34F3N5O8S. The number of carboxylic acid groups (broad SMARTS) is 1. The number of sulfonamides is 1. The molecule has 0 spiro atoms. The van der Waals surface area contributed by atoms with E-state index >= 15 is 0 Å². The van der Waals surface area contributed by atoms with Gasteiger partial charge < -0.3 is 24.8 Å². The molecule has 1 amide bonds. The molecule has 0 atom stereocenters. The van der Waals surface area contributed by atoms with Crippen molar-refractivity contribution < 1.29 is 50.6 Å². The van der Waals surface area contributed by atoms with E-state index in [-0.39, 0.29) is 43.6 Å². The van der Waals surface area contributed by atoms with Gasteiger partial charge in [-0.15, -0.1) is 0 Å². The van der Waals surface area contributed by atoms with E-state index in [0.29, 0.717) is 40.6 Å². The van der Waals surface area contributed by atoms with Gasteiger partial charge in [0.1, 0.15) is 23.9 Å². The molecule has 2 aromatic rings. The predicted molar refractivity (Wildman–Crippen MR) is 157 cm³/mol. The molecule has 2 aliphatic rings. The van der Waals surface area contributed by atoms with Crippen LogP contribution in [-0.2, 0) is 26.8 Å². The van der Waals surface area contributed by atoms with E-state index in [0.717, 1.165) is 11.8 Å². The zero-order chi connectivity index (χ0) is 34.1. The van der Waals surface area contributed by atoms with Crippen LogP contribution in [0.15, 0.2) is 18.2 Å². The molecule has 45 heavy (non-hydrogen) atoms. The van der Waals surface area contributed by atoms with Crippen molar-refractivity contribution >= 4 is 39.2 Å². The van der Waals surface area contributed by atoms with E-state index in [1.165, 1.54) is 11.4 Å². The number of hydrogen-bond acceptors (Lipinski definition) is 9. The first-order valence-corrected chi connectivity index (χ1v) is 15.4. The molecule has 0 aliphatic carbocycles. The summed E-state index contributed by atoms with van der Waals surface area (Å²) in [4.78, 5) is 40.8. The third kappa shape index (κ3) is 7.82. The number of carbonyl (C=O) groups excluding carboxylic acids is 2. The van der Waals surface area contributed by atoms with Gasteiger partial charge in [-0.3, -0.25) is 19.3 Å². The normalized spacial score (nSPS) is 14.5. The summed E-state index contributed by atoms with van der Waals surface area (Å²) in [5, 5.41) is 18.3. The first-order chi connectivity index (χ1) is 20.7. The van der Waals surface area contributed by atoms with Gasteiger partial charge in [-0.1, -0.05) is 20.8 Å². The predicted octanol–water partition coefficient (Wildman–Crippen LogP) is 2.95. The van der Waals surface area contributed by atoms with Crippen LogP contribution in [0.25, 0.3) is 0 Å². The number of ketones is 1. The first-order valence-electron chi connectivity index (χ1n) is 13.6. The molecule has 0 saturated heterocycles. The van der Waals surface area contributed by atoms with Gasteiger partial charge in [0.2, 0.25) is 10.0 Å². The molecule has 0 bridgehead atoms. The molecule has 246 valence electrons. The van der Waals surface area contributed by atoms with Gasteiger partial charge in [0, 0.05) is 30.3 Å². The average Bonchev–Trinajstić information content (AvgIpc) is 3.23. The molecule has 1 aromatic heterocycles. The van der Waals surface area contributed by atoms with E-state index in [4.69, 9.17) is 24.8 Å². The lowest BCUT2D eigenvalue weighted by atomic mass is 9.84. The van der Waals surface area contributed by atoms with Crippen LogP contribution in [-0.4, -0.2) is 92.7 Å². The van der Waals surface area contributed by atoms with Crippen molar-refractivity contribution in [3.8, 4) is 11.5 Å². The SMILES string of the molecule is CCOc1cc2c(nc1C(=O)NC)C(=N)N(CC(=O)c1cc3c(c(C(C)(C)C)c1)OCCN3S(C)(=O)=O)C2.O=C(O)C(F)(F)F. The number of ether oxygens (including phenoxy) is 2. The Bertz CT molecular complexity index is 1640. The quantitative estimate of drug-likeness (QED) is 0.375. The number of carboxylic acids is 1. The summed E-state index contributed by atoms with van der Waals surface area (Å²) >= 11 is 0. The highest BCUT2D eigenvalue weighted by atomic mass is 32.2. The number of rotatable bonds is 7. The standard InChI is InChI=1S/C26H33N5O6S.C2HF3O2/c1-7-36-20-12-16-13-30(24(27)21(16)29-22(20)25(33)28-5)14-19(32)15-10-17(26(2,3)4)23-18(11-15)31(8-9-37-23)38(6,34)35;3-2(4,5)1(6)7/h10-12,27H,7-9,13-14H2,1-6H3,(H,28,33);(H,6,7). The molecule has 0 saturated carbocycles. The molecule has 17 heteroatoms. The van der Waals surface area contributed by atoms with Gasteiger partial charge in [-0.2, -0.15) is 13.2 Å². The number of Topliss-reactive ketones (excluding diaryl/α,β-unsaturated/α-hetero) is 1. The van der Waals surface area contributed by atoms with Crippen LogP contribution < -0.4 is 19.1 Å². The Balaban J connectivity index is 0.000000707. The molecule has 13 nitrogen and oxygen atoms in total. The summed E-state index contributed by atoms with van der Waals surface area (Å²) in [7, 11) is -2.10. The average molecular weight is 658 g/mol. The Hall–Kier alpha value is -4.41. The van der Waals surface area contributed by atoms with Crippen LogP contribution in [0, 0.1) is 5.41 Å². The second-order valence-corrected chi connectivity index (χ2v) is 13.0. The maximum Gasteiger partial charge on any atom is 0.490 e. The number of anilines is 1. The smallest absolute Gasteiger partial charge is 0.490 e. The van der Waals surface area contributed by atoms with Crippen molar-refractivity contribution in [1.29, 1.82) is 5.41 Å². The lowest BCUT2D eigenvalue weighted by Gasteiger charge is -2.34. The van der Waals surface area contributed by atoms with E-state index in [1.807, 2.05) is 20.8 Å². The number of aliphatic carboxylic acids is 1. The molecular weight excluding hydrogens is 623 g/mol. The highest BCUT2D eigenvalue weighted by molar-refractivity contribution is 7.92. The van der Waals surface area contributed by atoms with Crippen molar-refractivity contribution in [3.05, 3.63) is 46.3 Å². The summed E-state index contributed by atoms with van der Waals surface area (Å²) in [6, 6.07) is 4.98. The zero-order valence-electron chi connectivity index (χ0n) is 25.5. The van der Waals surface area contributed by atoms with Gasteiger partial charge in [0.25, 0.3) is 5.91 Å². The minimum absolute atomic E-state index is 0.0247. The van der Waals surface area contributed by atoms with Crippen molar-refractivity contribution in [3.63, 3.8) is 0 Å². The second-order valence-electron chi connectivity index (χ2n) is 11.1. The number of alkyl halides is 3. The molecule has 4 rings (SSSR count). The molecule has 3 N–H and O–H groups in total. The molecule has 3 heterocycles. The topological polar surface area (TPSA) is 179 Å². The van der Waals surface area contributed by atoms with Gasteiger partial charge in [-0.05, 0) is 30.5 Å². The summed E-state index contributed by atoms with van der Waals surface area (Å²) < 4.78 is 69.5. The Kier molecular flexibility index (Phi) is 10.1. The molecule has 2 aliphatic heterocycles. The van der Waals surface area contributed by atoms with Crippen molar-refractivity contribution in [2.24, 2.45) is 0 Å². The molecule has 0 fully saturated rings. The van der Waals surface area contributed by atoms with Crippen LogP contribution >= 0.6 is 0 Å². The second kappa shape index (κ2) is 12.9. The Morgan fingerprint density at radius 2 is 1.80 bits per heavy atom. The van der Waals surface area contributed by atoms with E-state index < -0.39 is 33.5 Å².